The number of nitrogens with zero attached hydrogens (tertiary/aromatic N) is 1. The van der Waals surface area contributed by atoms with Gasteiger partial charge in [-0.25, -0.2) is 0 Å². The van der Waals surface area contributed by atoms with Gasteiger partial charge in [0, 0.05) is 29.2 Å². The second kappa shape index (κ2) is 8.70. The van der Waals surface area contributed by atoms with Crippen molar-refractivity contribution in [3.8, 4) is 0 Å². The van der Waals surface area contributed by atoms with Crippen LogP contribution < -0.4 is 5.73 Å². The molecule has 1 saturated heterocycles. The number of hydrogen-bond donors (Lipinski definition) is 1. The third kappa shape index (κ3) is 5.71. The molecule has 2 aromatic rings. The Morgan fingerprint density at radius 2 is 1.55 bits per heavy atom. The van der Waals surface area contributed by atoms with Crippen molar-refractivity contribution in [2.75, 3.05) is 6.54 Å². The van der Waals surface area contributed by atoms with E-state index in [0.717, 1.165) is 5.56 Å². The van der Waals surface area contributed by atoms with Crippen LogP contribution in [0.4, 0.5) is 26.3 Å². The van der Waals surface area contributed by atoms with E-state index in [4.69, 9.17) is 17.3 Å². The maximum atomic E-state index is 13.2. The molecule has 0 aliphatic carbocycles. The molecule has 3 nitrogen and oxygen atoms in total. The molecular formula is C21H19ClF6N2O. The molecule has 2 aromatic carbocycles. The molecule has 0 aromatic heterocycles. The summed E-state index contributed by atoms with van der Waals surface area (Å²) >= 11 is 5.87. The molecule has 2 N–H and O–H groups in total. The van der Waals surface area contributed by atoms with Crippen LogP contribution in [0.3, 0.4) is 0 Å². The molecule has 0 radical (unpaired) electrons. The van der Waals surface area contributed by atoms with Gasteiger partial charge in [-0.15, -0.1) is 0 Å². The lowest BCUT2D eigenvalue weighted by Gasteiger charge is -2.39. The number of likely N-dealkylation sites (tertiary alicyclic amines) is 1. The van der Waals surface area contributed by atoms with Gasteiger partial charge in [0.25, 0.3) is 5.91 Å². The van der Waals surface area contributed by atoms with Gasteiger partial charge in [0.2, 0.25) is 0 Å². The van der Waals surface area contributed by atoms with Gasteiger partial charge >= 0.3 is 12.4 Å². The number of carbonyl (C=O) groups is 1. The summed E-state index contributed by atoms with van der Waals surface area (Å²) in [5, 5.41) is 0.515. The summed E-state index contributed by atoms with van der Waals surface area (Å²) in [7, 11) is 0. The molecule has 3 rings (SSSR count). The SMILES string of the molecule is N[C@H]1CCN(C(=O)c2cc(C(F)(F)F)cc(C(F)(F)F)c2)[C@@H](Cc2ccc(Cl)cc2)C1. The minimum atomic E-state index is -5.02. The van der Waals surface area contributed by atoms with Gasteiger partial charge < -0.3 is 10.6 Å². The highest BCUT2D eigenvalue weighted by molar-refractivity contribution is 6.30. The first-order valence-electron chi connectivity index (χ1n) is 9.45. The molecule has 0 spiro atoms. The average Bonchev–Trinajstić information content (AvgIpc) is 2.68. The lowest BCUT2D eigenvalue weighted by atomic mass is 9.91. The number of alkyl halides is 6. The van der Waals surface area contributed by atoms with Crippen LogP contribution in [0.5, 0.6) is 0 Å². The van der Waals surface area contributed by atoms with E-state index in [0.29, 0.717) is 36.4 Å². The van der Waals surface area contributed by atoms with Crippen molar-refractivity contribution in [3.63, 3.8) is 0 Å². The maximum Gasteiger partial charge on any atom is 0.416 e. The van der Waals surface area contributed by atoms with E-state index in [1.807, 2.05) is 0 Å². The smallest absolute Gasteiger partial charge is 0.335 e. The van der Waals surface area contributed by atoms with Gasteiger partial charge in [0.05, 0.1) is 11.1 Å². The van der Waals surface area contributed by atoms with Crippen LogP contribution >= 0.6 is 11.6 Å². The Balaban J connectivity index is 1.95. The highest BCUT2D eigenvalue weighted by Gasteiger charge is 2.39. The molecule has 1 aliphatic heterocycles. The molecule has 0 unspecified atom stereocenters. The van der Waals surface area contributed by atoms with E-state index in [-0.39, 0.29) is 18.7 Å². The number of piperidine rings is 1. The average molecular weight is 465 g/mol. The Morgan fingerprint density at radius 1 is 1.00 bits per heavy atom. The molecule has 10 heteroatoms. The largest absolute Gasteiger partial charge is 0.416 e. The summed E-state index contributed by atoms with van der Waals surface area (Å²) in [4.78, 5) is 14.4. The van der Waals surface area contributed by atoms with Gasteiger partial charge in [-0.1, -0.05) is 23.7 Å². The summed E-state index contributed by atoms with van der Waals surface area (Å²) in [5.41, 5.74) is 3.14. The van der Waals surface area contributed by atoms with Crippen molar-refractivity contribution >= 4 is 17.5 Å². The van der Waals surface area contributed by atoms with Crippen molar-refractivity contribution < 1.29 is 31.1 Å². The third-order valence-electron chi connectivity index (χ3n) is 5.24. The predicted molar refractivity (Wildman–Crippen MR) is 104 cm³/mol. The quantitative estimate of drug-likeness (QED) is 0.605. The first-order valence-corrected chi connectivity index (χ1v) is 9.83. The Labute approximate surface area is 179 Å². The molecule has 1 fully saturated rings. The third-order valence-corrected chi connectivity index (χ3v) is 5.49. The molecule has 1 heterocycles. The minimum Gasteiger partial charge on any atom is -0.335 e. The number of benzene rings is 2. The van der Waals surface area contributed by atoms with Gasteiger partial charge in [-0.05, 0) is 55.2 Å². The normalized spacial score (nSPS) is 20.1. The van der Waals surface area contributed by atoms with Crippen LogP contribution in [0.25, 0.3) is 0 Å². The van der Waals surface area contributed by atoms with Crippen LogP contribution in [0, 0.1) is 0 Å². The molecule has 1 amide bonds. The fourth-order valence-corrected chi connectivity index (χ4v) is 3.81. The van der Waals surface area contributed by atoms with E-state index in [1.54, 1.807) is 24.3 Å². The molecule has 168 valence electrons. The van der Waals surface area contributed by atoms with Gasteiger partial charge in [0.15, 0.2) is 0 Å². The predicted octanol–water partition coefficient (Wildman–Crippen LogP) is 5.55. The lowest BCUT2D eigenvalue weighted by molar-refractivity contribution is -0.143. The van der Waals surface area contributed by atoms with Crippen LogP contribution in [0.15, 0.2) is 42.5 Å². The molecule has 31 heavy (non-hydrogen) atoms. The van der Waals surface area contributed by atoms with Crippen molar-refractivity contribution in [3.05, 3.63) is 69.7 Å². The van der Waals surface area contributed by atoms with Gasteiger partial charge in [0.1, 0.15) is 0 Å². The summed E-state index contributed by atoms with van der Waals surface area (Å²) in [6.07, 6.45) is -8.93. The zero-order valence-corrected chi connectivity index (χ0v) is 16.9. The molecule has 0 bridgehead atoms. The van der Waals surface area contributed by atoms with Crippen LogP contribution in [-0.4, -0.2) is 29.4 Å². The van der Waals surface area contributed by atoms with E-state index < -0.39 is 41.0 Å². The fourth-order valence-electron chi connectivity index (χ4n) is 3.68. The lowest BCUT2D eigenvalue weighted by Crippen LogP contribution is -2.50. The van der Waals surface area contributed by atoms with Crippen LogP contribution in [0.2, 0.25) is 5.02 Å². The summed E-state index contributed by atoms with van der Waals surface area (Å²) in [5.74, 6) is -0.887. The second-order valence-electron chi connectivity index (χ2n) is 7.56. The van der Waals surface area contributed by atoms with Gasteiger partial charge in [-0.2, -0.15) is 26.3 Å². The van der Waals surface area contributed by atoms with E-state index in [9.17, 15) is 31.1 Å². The highest BCUT2D eigenvalue weighted by Crippen LogP contribution is 2.37. The second-order valence-corrected chi connectivity index (χ2v) is 8.00. The van der Waals surface area contributed by atoms with Gasteiger partial charge in [-0.3, -0.25) is 4.79 Å². The zero-order valence-electron chi connectivity index (χ0n) is 16.1. The van der Waals surface area contributed by atoms with Crippen molar-refractivity contribution in [1.29, 1.82) is 0 Å². The van der Waals surface area contributed by atoms with Crippen LogP contribution in [0.1, 0.15) is 39.9 Å². The molecule has 1 aliphatic rings. The minimum absolute atomic E-state index is 0.00803. The summed E-state index contributed by atoms with van der Waals surface area (Å²) < 4.78 is 79.0. The number of halogens is 7. The topological polar surface area (TPSA) is 46.3 Å². The first kappa shape index (κ1) is 23.4. The molecule has 2 atom stereocenters. The number of amides is 1. The Morgan fingerprint density at radius 3 is 2.06 bits per heavy atom. The molecular weight excluding hydrogens is 446 g/mol. The van der Waals surface area contributed by atoms with E-state index >= 15 is 0 Å². The number of carbonyl (C=O) groups excluding carboxylic acids is 1. The Kier molecular flexibility index (Phi) is 6.57. The standard InChI is InChI=1S/C21H19ClF6N2O/c22-16-3-1-12(2-4-16)7-18-11-17(29)5-6-30(18)19(31)13-8-14(20(23,24)25)10-15(9-13)21(26,27)28/h1-4,8-10,17-18H,5-7,11,29H2/t17-,18-/m0/s1. The van der Waals surface area contributed by atoms with E-state index in [1.165, 1.54) is 4.90 Å². The summed E-state index contributed by atoms with van der Waals surface area (Å²) in [6, 6.07) is 7.05. The Bertz CT molecular complexity index is 910. The number of rotatable bonds is 3. The van der Waals surface area contributed by atoms with Crippen molar-refractivity contribution in [2.45, 2.75) is 43.7 Å². The molecule has 0 saturated carbocycles. The monoisotopic (exact) mass is 464 g/mol. The van der Waals surface area contributed by atoms with Crippen molar-refractivity contribution in [1.82, 2.24) is 4.90 Å². The number of hydrogen-bond acceptors (Lipinski definition) is 2. The first-order chi connectivity index (χ1) is 14.3. The number of nitrogens with two attached hydrogens (primary N) is 1. The van der Waals surface area contributed by atoms with E-state index in [2.05, 4.69) is 0 Å². The summed E-state index contributed by atoms with van der Waals surface area (Å²) in [6.45, 7) is 0.135. The Hall–Kier alpha value is -2.26. The van der Waals surface area contributed by atoms with Crippen LogP contribution in [-0.2, 0) is 18.8 Å². The fraction of sp³-hybridized carbons (Fsp3) is 0.381. The maximum absolute atomic E-state index is 13.2. The zero-order chi connectivity index (χ0) is 23.0. The van der Waals surface area contributed by atoms with Crippen molar-refractivity contribution in [2.24, 2.45) is 5.73 Å². The highest BCUT2D eigenvalue weighted by atomic mass is 35.5.